The molecular weight excluding hydrogens is 298 g/mol. The summed E-state index contributed by atoms with van der Waals surface area (Å²) < 4.78 is 1.10. The van der Waals surface area contributed by atoms with Gasteiger partial charge in [0.05, 0.1) is 6.04 Å². The van der Waals surface area contributed by atoms with Gasteiger partial charge in [-0.25, -0.2) is 0 Å². The smallest absolute Gasteiger partial charge is 0.0559 e. The highest BCUT2D eigenvalue weighted by molar-refractivity contribution is 9.10. The maximum atomic E-state index is 6.50. The Morgan fingerprint density at radius 2 is 1.47 bits per heavy atom. The number of nitrogens with two attached hydrogens (primary N) is 1. The highest BCUT2D eigenvalue weighted by atomic mass is 79.9. The molecule has 0 aliphatic carbocycles. The van der Waals surface area contributed by atoms with Gasteiger partial charge >= 0.3 is 0 Å². The summed E-state index contributed by atoms with van der Waals surface area (Å²) in [4.78, 5) is 0. The summed E-state index contributed by atoms with van der Waals surface area (Å²) in [6.07, 6.45) is 0. The minimum Gasteiger partial charge on any atom is -0.320 e. The Labute approximate surface area is 124 Å². The van der Waals surface area contributed by atoms with Crippen LogP contribution in [0.5, 0.6) is 0 Å². The van der Waals surface area contributed by atoms with Gasteiger partial charge in [0.2, 0.25) is 0 Å². The van der Waals surface area contributed by atoms with E-state index in [9.17, 15) is 0 Å². The van der Waals surface area contributed by atoms with Crippen LogP contribution in [-0.2, 0) is 0 Å². The maximum Gasteiger partial charge on any atom is 0.0559 e. The summed E-state index contributed by atoms with van der Waals surface area (Å²) in [6, 6.07) is 10.6. The summed E-state index contributed by atoms with van der Waals surface area (Å²) in [5.74, 6) is 0. The van der Waals surface area contributed by atoms with E-state index in [0.717, 1.165) is 4.47 Å². The molecule has 0 saturated carbocycles. The van der Waals surface area contributed by atoms with Crippen LogP contribution in [0.3, 0.4) is 0 Å². The molecule has 0 aliphatic rings. The topological polar surface area (TPSA) is 26.0 Å². The Balaban J connectivity index is 2.53. The molecule has 2 heteroatoms. The van der Waals surface area contributed by atoms with E-state index in [1.165, 1.54) is 33.4 Å². The maximum absolute atomic E-state index is 6.50. The molecule has 0 spiro atoms. The highest BCUT2D eigenvalue weighted by Crippen LogP contribution is 2.29. The molecule has 0 saturated heterocycles. The first-order valence-corrected chi connectivity index (χ1v) is 7.29. The fourth-order valence-electron chi connectivity index (χ4n) is 2.83. The average Bonchev–Trinajstić information content (AvgIpc) is 2.26. The van der Waals surface area contributed by atoms with Crippen molar-refractivity contribution in [3.05, 3.63) is 68.2 Å². The Bertz CT molecular complexity index is 594. The van der Waals surface area contributed by atoms with Crippen molar-refractivity contribution in [2.45, 2.75) is 33.7 Å². The number of halogens is 1. The van der Waals surface area contributed by atoms with E-state index in [2.05, 4.69) is 74.0 Å². The molecular formula is C17H20BrN. The molecule has 2 aromatic rings. The second-order valence-electron chi connectivity index (χ2n) is 5.29. The zero-order valence-corrected chi connectivity index (χ0v) is 13.5. The lowest BCUT2D eigenvalue weighted by atomic mass is 9.89. The SMILES string of the molecule is Cc1cc(C)c(C(N)c2ccc(Br)cc2C)c(C)c1. The van der Waals surface area contributed by atoms with Gasteiger partial charge in [-0.3, -0.25) is 0 Å². The van der Waals surface area contributed by atoms with E-state index in [-0.39, 0.29) is 6.04 Å². The molecule has 2 aromatic carbocycles. The van der Waals surface area contributed by atoms with Gasteiger partial charge in [-0.15, -0.1) is 0 Å². The zero-order valence-electron chi connectivity index (χ0n) is 11.9. The molecule has 0 fully saturated rings. The van der Waals surface area contributed by atoms with Crippen molar-refractivity contribution >= 4 is 15.9 Å². The lowest BCUT2D eigenvalue weighted by Gasteiger charge is -2.20. The molecule has 1 unspecified atom stereocenters. The predicted octanol–water partition coefficient (Wildman–Crippen LogP) is 4.73. The van der Waals surface area contributed by atoms with Crippen LogP contribution >= 0.6 is 15.9 Å². The summed E-state index contributed by atoms with van der Waals surface area (Å²) >= 11 is 3.50. The van der Waals surface area contributed by atoms with Crippen LogP contribution in [0.25, 0.3) is 0 Å². The molecule has 0 radical (unpaired) electrons. The lowest BCUT2D eigenvalue weighted by molar-refractivity contribution is 0.841. The van der Waals surface area contributed by atoms with Gasteiger partial charge in [-0.05, 0) is 67.6 Å². The molecule has 0 aromatic heterocycles. The molecule has 1 nitrogen and oxygen atoms in total. The van der Waals surface area contributed by atoms with Crippen LogP contribution in [0, 0.1) is 27.7 Å². The number of hydrogen-bond donors (Lipinski definition) is 1. The fraction of sp³-hybridized carbons (Fsp3) is 0.294. The first-order valence-electron chi connectivity index (χ1n) is 6.49. The molecule has 100 valence electrons. The van der Waals surface area contributed by atoms with E-state index in [1.807, 2.05) is 0 Å². The van der Waals surface area contributed by atoms with Crippen molar-refractivity contribution in [2.24, 2.45) is 5.73 Å². The minimum atomic E-state index is -0.0614. The van der Waals surface area contributed by atoms with Crippen LogP contribution in [-0.4, -0.2) is 0 Å². The third-order valence-corrected chi connectivity index (χ3v) is 4.11. The van der Waals surface area contributed by atoms with E-state index in [1.54, 1.807) is 0 Å². The molecule has 0 aliphatic heterocycles. The van der Waals surface area contributed by atoms with Crippen LogP contribution in [0.2, 0.25) is 0 Å². The largest absolute Gasteiger partial charge is 0.320 e. The molecule has 0 bridgehead atoms. The van der Waals surface area contributed by atoms with Crippen LogP contribution < -0.4 is 5.73 Å². The Hall–Kier alpha value is -1.12. The van der Waals surface area contributed by atoms with Gasteiger partial charge in [0.1, 0.15) is 0 Å². The van der Waals surface area contributed by atoms with E-state index in [0.29, 0.717) is 0 Å². The third kappa shape index (κ3) is 2.90. The van der Waals surface area contributed by atoms with Crippen LogP contribution in [0.4, 0.5) is 0 Å². The van der Waals surface area contributed by atoms with Gasteiger partial charge in [-0.1, -0.05) is 39.7 Å². The lowest BCUT2D eigenvalue weighted by Crippen LogP contribution is -2.16. The van der Waals surface area contributed by atoms with Crippen molar-refractivity contribution in [3.63, 3.8) is 0 Å². The molecule has 1 atom stereocenters. The zero-order chi connectivity index (χ0) is 14.2. The second kappa shape index (κ2) is 5.48. The monoisotopic (exact) mass is 317 g/mol. The van der Waals surface area contributed by atoms with Gasteiger partial charge < -0.3 is 5.73 Å². The average molecular weight is 318 g/mol. The number of hydrogen-bond acceptors (Lipinski definition) is 1. The second-order valence-corrected chi connectivity index (χ2v) is 6.21. The Morgan fingerprint density at radius 3 is 2.00 bits per heavy atom. The summed E-state index contributed by atoms with van der Waals surface area (Å²) in [6.45, 7) is 8.52. The van der Waals surface area contributed by atoms with E-state index >= 15 is 0 Å². The fourth-order valence-corrected chi connectivity index (χ4v) is 3.30. The van der Waals surface area contributed by atoms with Gasteiger partial charge in [0.15, 0.2) is 0 Å². The summed E-state index contributed by atoms with van der Waals surface area (Å²) in [5.41, 5.74) is 14.0. The summed E-state index contributed by atoms with van der Waals surface area (Å²) in [7, 11) is 0. The molecule has 2 N–H and O–H groups in total. The third-order valence-electron chi connectivity index (χ3n) is 3.62. The van der Waals surface area contributed by atoms with Crippen molar-refractivity contribution < 1.29 is 0 Å². The number of aryl methyl sites for hydroxylation is 4. The quantitative estimate of drug-likeness (QED) is 0.851. The van der Waals surface area contributed by atoms with Crippen molar-refractivity contribution in [3.8, 4) is 0 Å². The van der Waals surface area contributed by atoms with Crippen molar-refractivity contribution in [1.29, 1.82) is 0 Å². The van der Waals surface area contributed by atoms with Crippen molar-refractivity contribution in [2.75, 3.05) is 0 Å². The van der Waals surface area contributed by atoms with E-state index < -0.39 is 0 Å². The molecule has 0 amide bonds. The van der Waals surface area contributed by atoms with Crippen LogP contribution in [0.15, 0.2) is 34.8 Å². The van der Waals surface area contributed by atoms with Crippen molar-refractivity contribution in [1.82, 2.24) is 0 Å². The Morgan fingerprint density at radius 1 is 0.895 bits per heavy atom. The number of rotatable bonds is 2. The molecule has 0 heterocycles. The molecule has 19 heavy (non-hydrogen) atoms. The number of benzene rings is 2. The van der Waals surface area contributed by atoms with Gasteiger partial charge in [-0.2, -0.15) is 0 Å². The highest BCUT2D eigenvalue weighted by Gasteiger charge is 2.16. The summed E-state index contributed by atoms with van der Waals surface area (Å²) in [5, 5.41) is 0. The van der Waals surface area contributed by atoms with E-state index in [4.69, 9.17) is 5.73 Å². The predicted molar refractivity (Wildman–Crippen MR) is 85.6 cm³/mol. The van der Waals surface area contributed by atoms with Gasteiger partial charge in [0.25, 0.3) is 0 Å². The minimum absolute atomic E-state index is 0.0614. The van der Waals surface area contributed by atoms with Gasteiger partial charge in [0, 0.05) is 4.47 Å². The van der Waals surface area contributed by atoms with Crippen LogP contribution in [0.1, 0.15) is 39.4 Å². The Kier molecular flexibility index (Phi) is 4.12. The standard InChI is InChI=1S/C17H20BrN/c1-10-7-12(3)16(13(4)8-10)17(19)15-6-5-14(18)9-11(15)2/h5-9,17H,19H2,1-4H3. The first kappa shape index (κ1) is 14.3. The first-order chi connectivity index (χ1) is 8.90. The normalized spacial score (nSPS) is 12.5. The molecule has 2 rings (SSSR count).